The molecular weight excluding hydrogens is 516 g/mol. The summed E-state index contributed by atoms with van der Waals surface area (Å²) in [5, 5.41) is 10.4. The van der Waals surface area contributed by atoms with Gasteiger partial charge in [0.05, 0.1) is 23.0 Å². The number of thioether (sulfide) groups is 1. The Labute approximate surface area is 230 Å². The maximum atomic E-state index is 13.2. The summed E-state index contributed by atoms with van der Waals surface area (Å²) < 4.78 is 5.89. The number of carbonyl (C=O) groups is 3. The summed E-state index contributed by atoms with van der Waals surface area (Å²) in [6.07, 6.45) is 9.43. The lowest BCUT2D eigenvalue weighted by Gasteiger charge is -2.57. The smallest absolute Gasteiger partial charge is 0.293 e. The number of nitro benzene ring substituents is 1. The Balaban J connectivity index is 1.25. The number of non-ortho nitro benzene ring substituents is 1. The molecule has 2 amide bonds. The number of ether oxygens (including phenoxy) is 1. The third-order valence-corrected chi connectivity index (χ3v) is 9.73. The van der Waals surface area contributed by atoms with Crippen molar-refractivity contribution in [3.63, 3.8) is 0 Å². The van der Waals surface area contributed by atoms with E-state index in [-0.39, 0.29) is 21.6 Å². The molecule has 0 aromatic heterocycles. The van der Waals surface area contributed by atoms with Crippen LogP contribution in [-0.2, 0) is 10.2 Å². The SMILES string of the molecule is CCOc1ccc(C23CC4CC(CC(C4)C2)C3)cc1/C=C1/SC(=O)N(CC(=O)c2ccc([N+](=O)[O-])cc2)C1=O. The fourth-order valence-corrected chi connectivity index (χ4v) is 8.35. The average Bonchev–Trinajstić information content (AvgIpc) is 3.16. The van der Waals surface area contributed by atoms with E-state index < -0.39 is 28.4 Å². The van der Waals surface area contributed by atoms with Crippen LogP contribution in [0.3, 0.4) is 0 Å². The van der Waals surface area contributed by atoms with Crippen LogP contribution in [-0.4, -0.2) is 39.9 Å². The van der Waals surface area contributed by atoms with E-state index in [0.29, 0.717) is 12.4 Å². The monoisotopic (exact) mass is 546 g/mol. The largest absolute Gasteiger partial charge is 0.493 e. The van der Waals surface area contributed by atoms with Gasteiger partial charge in [-0.3, -0.25) is 29.4 Å². The summed E-state index contributed by atoms with van der Waals surface area (Å²) >= 11 is 0.814. The molecule has 8 nitrogen and oxygen atoms in total. The second-order valence-electron chi connectivity index (χ2n) is 11.4. The molecular formula is C30H30N2O6S. The molecule has 2 aromatic carbocycles. The number of imide groups is 1. The highest BCUT2D eigenvalue weighted by Gasteiger charge is 2.51. The number of nitrogens with zero attached hydrogens (tertiary/aromatic N) is 2. The molecule has 202 valence electrons. The van der Waals surface area contributed by atoms with E-state index in [1.54, 1.807) is 6.08 Å². The summed E-state index contributed by atoms with van der Waals surface area (Å²) in [5.41, 5.74) is 2.31. The number of benzene rings is 2. The zero-order valence-corrected chi connectivity index (χ0v) is 22.6. The first-order valence-corrected chi connectivity index (χ1v) is 14.4. The van der Waals surface area contributed by atoms with Gasteiger partial charge in [0.1, 0.15) is 5.75 Å². The Hall–Kier alpha value is -3.46. The molecule has 0 radical (unpaired) electrons. The van der Waals surface area contributed by atoms with Crippen molar-refractivity contribution in [3.8, 4) is 5.75 Å². The Morgan fingerprint density at radius 3 is 2.31 bits per heavy atom. The summed E-state index contributed by atoms with van der Waals surface area (Å²) in [6.45, 7) is 1.96. The van der Waals surface area contributed by atoms with Crippen LogP contribution in [0, 0.1) is 27.9 Å². The molecule has 1 saturated heterocycles. The zero-order valence-electron chi connectivity index (χ0n) is 21.8. The molecule has 39 heavy (non-hydrogen) atoms. The zero-order chi connectivity index (χ0) is 27.3. The minimum atomic E-state index is -0.551. The van der Waals surface area contributed by atoms with Gasteiger partial charge in [0.2, 0.25) is 0 Å². The fraction of sp³-hybridized carbons (Fsp3) is 0.433. The van der Waals surface area contributed by atoms with E-state index in [4.69, 9.17) is 4.74 Å². The summed E-state index contributed by atoms with van der Waals surface area (Å²) in [4.78, 5) is 50.3. The molecule has 0 spiro atoms. The number of nitro groups is 1. The highest BCUT2D eigenvalue weighted by molar-refractivity contribution is 8.18. The van der Waals surface area contributed by atoms with Gasteiger partial charge < -0.3 is 4.74 Å². The minimum absolute atomic E-state index is 0.137. The van der Waals surface area contributed by atoms with Crippen molar-refractivity contribution >= 4 is 40.5 Å². The maximum absolute atomic E-state index is 13.2. The van der Waals surface area contributed by atoms with Crippen molar-refractivity contribution in [1.29, 1.82) is 0 Å². The number of carbonyl (C=O) groups excluding carboxylic acids is 3. The molecule has 0 atom stereocenters. The van der Waals surface area contributed by atoms with E-state index in [0.717, 1.165) is 40.0 Å². The van der Waals surface area contributed by atoms with Gasteiger partial charge in [0, 0.05) is 23.3 Å². The third kappa shape index (κ3) is 4.77. The van der Waals surface area contributed by atoms with E-state index >= 15 is 0 Å². The lowest BCUT2D eigenvalue weighted by atomic mass is 9.48. The number of rotatable bonds is 8. The average molecular weight is 547 g/mol. The molecule has 9 heteroatoms. The highest BCUT2D eigenvalue weighted by Crippen LogP contribution is 2.61. The number of hydrogen-bond acceptors (Lipinski definition) is 7. The standard InChI is InChI=1S/C30H30N2O6S/c1-2-38-26-8-5-23(30-14-18-9-19(15-30)11-20(10-18)16-30)12-22(26)13-27-28(34)31(29(35)39-27)17-25(33)21-3-6-24(7-4-21)32(36)37/h3-8,12-13,18-20H,2,9-11,14-17H2,1H3/b27-13+. The highest BCUT2D eigenvalue weighted by atomic mass is 32.2. The van der Waals surface area contributed by atoms with Gasteiger partial charge in [-0.2, -0.15) is 0 Å². The van der Waals surface area contributed by atoms with Crippen molar-refractivity contribution < 1.29 is 24.0 Å². The first-order chi connectivity index (χ1) is 18.7. The Bertz CT molecular complexity index is 1360. The van der Waals surface area contributed by atoms with Crippen molar-refractivity contribution in [2.45, 2.75) is 50.9 Å². The van der Waals surface area contributed by atoms with Crippen molar-refractivity contribution in [2.75, 3.05) is 13.2 Å². The van der Waals surface area contributed by atoms with Gasteiger partial charge in [0.15, 0.2) is 5.78 Å². The third-order valence-electron chi connectivity index (χ3n) is 8.82. The Kier molecular flexibility index (Phi) is 6.57. The summed E-state index contributed by atoms with van der Waals surface area (Å²) in [6, 6.07) is 11.4. The molecule has 2 aromatic rings. The molecule has 1 heterocycles. The predicted molar refractivity (Wildman–Crippen MR) is 148 cm³/mol. The number of Topliss-reactive ketones (excluding diaryl/α,β-unsaturated/α-hetero) is 1. The van der Waals surface area contributed by atoms with Crippen LogP contribution in [0.25, 0.3) is 6.08 Å². The van der Waals surface area contributed by atoms with E-state index in [2.05, 4.69) is 12.1 Å². The Morgan fingerprint density at radius 1 is 1.08 bits per heavy atom. The first-order valence-electron chi connectivity index (χ1n) is 13.5. The summed E-state index contributed by atoms with van der Waals surface area (Å²) in [5.74, 6) is 2.08. The Morgan fingerprint density at radius 2 is 1.72 bits per heavy atom. The van der Waals surface area contributed by atoms with Crippen molar-refractivity contribution in [1.82, 2.24) is 4.90 Å². The molecule has 4 saturated carbocycles. The number of amides is 2. The lowest BCUT2D eigenvalue weighted by molar-refractivity contribution is -0.384. The van der Waals surface area contributed by atoms with Gasteiger partial charge in [-0.1, -0.05) is 6.07 Å². The number of hydrogen-bond donors (Lipinski definition) is 0. The van der Waals surface area contributed by atoms with Crippen LogP contribution >= 0.6 is 11.8 Å². The van der Waals surface area contributed by atoms with Crippen LogP contribution in [0.1, 0.15) is 66.9 Å². The molecule has 5 fully saturated rings. The number of ketones is 1. The van der Waals surface area contributed by atoms with Gasteiger partial charge in [-0.15, -0.1) is 0 Å². The molecule has 0 N–H and O–H groups in total. The predicted octanol–water partition coefficient (Wildman–Crippen LogP) is 6.38. The topological polar surface area (TPSA) is 107 Å². The molecule has 4 bridgehead atoms. The summed E-state index contributed by atoms with van der Waals surface area (Å²) in [7, 11) is 0. The van der Waals surface area contributed by atoms with Gasteiger partial charge >= 0.3 is 0 Å². The molecule has 7 rings (SSSR count). The second kappa shape index (κ2) is 9.93. The van der Waals surface area contributed by atoms with Gasteiger partial charge in [0.25, 0.3) is 16.8 Å². The van der Waals surface area contributed by atoms with Gasteiger partial charge in [-0.25, -0.2) is 0 Å². The van der Waals surface area contributed by atoms with Crippen LogP contribution in [0.2, 0.25) is 0 Å². The van der Waals surface area contributed by atoms with Crippen LogP contribution in [0.5, 0.6) is 5.75 Å². The minimum Gasteiger partial charge on any atom is -0.493 e. The normalized spacial score (nSPS) is 28.4. The fourth-order valence-electron chi connectivity index (χ4n) is 7.52. The van der Waals surface area contributed by atoms with E-state index in [1.807, 2.05) is 13.0 Å². The molecule has 4 aliphatic carbocycles. The molecule has 1 aliphatic heterocycles. The molecule has 5 aliphatic rings. The first kappa shape index (κ1) is 25.8. The van der Waals surface area contributed by atoms with Crippen molar-refractivity contribution in [3.05, 3.63) is 74.2 Å². The quantitative estimate of drug-likeness (QED) is 0.164. The van der Waals surface area contributed by atoms with Gasteiger partial charge in [-0.05, 0) is 116 Å². The van der Waals surface area contributed by atoms with Crippen LogP contribution in [0.4, 0.5) is 10.5 Å². The van der Waals surface area contributed by atoms with E-state index in [1.165, 1.54) is 68.4 Å². The molecule has 0 unspecified atom stereocenters. The van der Waals surface area contributed by atoms with E-state index in [9.17, 15) is 24.5 Å². The lowest BCUT2D eigenvalue weighted by Crippen LogP contribution is -2.48. The van der Waals surface area contributed by atoms with Crippen LogP contribution < -0.4 is 4.74 Å². The maximum Gasteiger partial charge on any atom is 0.293 e. The van der Waals surface area contributed by atoms with Crippen molar-refractivity contribution in [2.24, 2.45) is 17.8 Å². The second-order valence-corrected chi connectivity index (χ2v) is 12.4. The van der Waals surface area contributed by atoms with Crippen LogP contribution in [0.15, 0.2) is 47.4 Å².